The molecule has 4 fully saturated rings. The van der Waals surface area contributed by atoms with Crippen molar-refractivity contribution in [1.29, 1.82) is 0 Å². The first-order valence-corrected chi connectivity index (χ1v) is 11.1. The topological polar surface area (TPSA) is 91.2 Å². The molecule has 4 saturated carbocycles. The Morgan fingerprint density at radius 1 is 1.25 bits per heavy atom. The van der Waals surface area contributed by atoms with Crippen LogP contribution in [0.4, 0.5) is 17.3 Å². The van der Waals surface area contributed by atoms with Crippen molar-refractivity contribution in [2.75, 3.05) is 22.6 Å². The summed E-state index contributed by atoms with van der Waals surface area (Å²) in [4.78, 5) is 17.1. The third kappa shape index (κ3) is 2.58. The Morgan fingerprint density at radius 2 is 2.00 bits per heavy atom. The normalized spacial score (nSPS) is 35.5. The van der Waals surface area contributed by atoms with E-state index >= 15 is 0 Å². The molecule has 4 bridgehead atoms. The highest BCUT2D eigenvalue weighted by Crippen LogP contribution is 2.67. The molecule has 154 valence electrons. The summed E-state index contributed by atoms with van der Waals surface area (Å²) in [5, 5.41) is 20.4. The molecular formula is C21H33N5O2. The van der Waals surface area contributed by atoms with Crippen molar-refractivity contribution in [3.63, 3.8) is 0 Å². The van der Waals surface area contributed by atoms with Gasteiger partial charge in [-0.3, -0.25) is 4.57 Å². The number of anilines is 3. The number of hydrogen-bond donors (Lipinski definition) is 4. The molecule has 4 unspecified atom stereocenters. The molecule has 0 aromatic carbocycles. The second-order valence-electron chi connectivity index (χ2n) is 9.55. The lowest BCUT2D eigenvalue weighted by Gasteiger charge is -2.38. The monoisotopic (exact) mass is 387 g/mol. The van der Waals surface area contributed by atoms with Gasteiger partial charge in [0.05, 0.1) is 12.6 Å². The van der Waals surface area contributed by atoms with E-state index in [-0.39, 0.29) is 24.5 Å². The summed E-state index contributed by atoms with van der Waals surface area (Å²) in [6.07, 6.45) is 8.60. The molecule has 4 aliphatic carbocycles. The molecular weight excluding hydrogens is 354 g/mol. The Morgan fingerprint density at radius 3 is 2.64 bits per heavy atom. The first-order valence-electron chi connectivity index (χ1n) is 11.1. The number of nitrogens with zero attached hydrogens (tertiary/aromatic N) is 2. The van der Waals surface area contributed by atoms with Gasteiger partial charge in [0.25, 0.3) is 0 Å². The Bertz CT molecular complexity index is 804. The summed E-state index contributed by atoms with van der Waals surface area (Å²) in [5.74, 6) is 4.03. The van der Waals surface area contributed by atoms with Crippen molar-refractivity contribution in [2.45, 2.75) is 77.5 Å². The number of aromatic nitrogens is 2. The second kappa shape index (κ2) is 6.65. The van der Waals surface area contributed by atoms with Crippen molar-refractivity contribution in [3.8, 4) is 0 Å². The molecule has 0 radical (unpaired) electrons. The van der Waals surface area contributed by atoms with E-state index < -0.39 is 0 Å². The predicted octanol–water partition coefficient (Wildman–Crippen LogP) is 2.83. The Balaban J connectivity index is 1.51. The van der Waals surface area contributed by atoms with Crippen molar-refractivity contribution >= 4 is 17.3 Å². The number of hydrogen-bond acceptors (Lipinski definition) is 6. The van der Waals surface area contributed by atoms with Gasteiger partial charge in [0.2, 0.25) is 0 Å². The van der Waals surface area contributed by atoms with Gasteiger partial charge >= 0.3 is 5.69 Å². The minimum Gasteiger partial charge on any atom is -0.394 e. The molecule has 2 heterocycles. The lowest BCUT2D eigenvalue weighted by atomic mass is 9.73. The predicted molar refractivity (Wildman–Crippen MR) is 111 cm³/mol. The Kier molecular flexibility index (Phi) is 4.34. The van der Waals surface area contributed by atoms with Crippen molar-refractivity contribution in [2.24, 2.45) is 23.2 Å². The Hall–Kier alpha value is -1.76. The zero-order chi connectivity index (χ0) is 19.5. The van der Waals surface area contributed by atoms with E-state index in [1.54, 1.807) is 4.57 Å². The van der Waals surface area contributed by atoms with Crippen LogP contribution in [0.1, 0.15) is 58.8 Å². The van der Waals surface area contributed by atoms with Crippen molar-refractivity contribution in [1.82, 2.24) is 9.55 Å². The van der Waals surface area contributed by atoms with Gasteiger partial charge in [-0.05, 0) is 62.7 Å². The van der Waals surface area contributed by atoms with E-state index in [9.17, 15) is 9.90 Å². The maximum Gasteiger partial charge on any atom is 0.351 e. The van der Waals surface area contributed by atoms with Crippen LogP contribution in [0.2, 0.25) is 0 Å². The van der Waals surface area contributed by atoms with E-state index in [4.69, 9.17) is 0 Å². The fraction of sp³-hybridized carbons (Fsp3) is 0.810. The summed E-state index contributed by atoms with van der Waals surface area (Å²) in [6.45, 7) is 4.79. The third-order valence-electron chi connectivity index (χ3n) is 7.88. The number of nitrogens with one attached hydrogen (secondary N) is 3. The van der Waals surface area contributed by atoms with Gasteiger partial charge < -0.3 is 21.1 Å². The summed E-state index contributed by atoms with van der Waals surface area (Å²) >= 11 is 0. The average Bonchev–Trinajstić information content (AvgIpc) is 3.30. The smallest absolute Gasteiger partial charge is 0.351 e. The first kappa shape index (κ1) is 18.3. The molecule has 4 N–H and O–H groups in total. The van der Waals surface area contributed by atoms with Crippen molar-refractivity contribution < 1.29 is 5.11 Å². The maximum absolute atomic E-state index is 12.7. The fourth-order valence-electron chi connectivity index (χ4n) is 6.78. The summed E-state index contributed by atoms with van der Waals surface area (Å²) in [5.41, 5.74) is 0.990. The van der Waals surface area contributed by atoms with Crippen LogP contribution in [0.15, 0.2) is 4.79 Å². The number of fused-ring (bicyclic) bond motifs is 1. The van der Waals surface area contributed by atoms with Crippen LogP contribution in [0.25, 0.3) is 0 Å². The number of rotatable bonds is 7. The fourth-order valence-corrected chi connectivity index (χ4v) is 6.78. The van der Waals surface area contributed by atoms with Crippen LogP contribution < -0.4 is 21.6 Å². The molecule has 28 heavy (non-hydrogen) atoms. The van der Waals surface area contributed by atoms with E-state index in [1.807, 2.05) is 6.92 Å². The number of aliphatic hydroxyl groups excluding tert-OH is 1. The maximum atomic E-state index is 12.7. The Labute approximate surface area is 166 Å². The molecule has 7 nitrogen and oxygen atoms in total. The standard InChI is InChI=1S/C21H33N5O2/c1-3-5-26-18-16(17(24-20(26)28)22-15(4-2)11-27)23-19(25-18)21-9-12-6-13(10-21)8-14(21)7-12/h12-15,19,23,25,27H,3-11H2,1-2H3,(H,22,24,28). The minimum atomic E-state index is -0.222. The third-order valence-corrected chi connectivity index (χ3v) is 7.88. The largest absolute Gasteiger partial charge is 0.394 e. The zero-order valence-electron chi connectivity index (χ0n) is 17.0. The van der Waals surface area contributed by atoms with Gasteiger partial charge in [0.15, 0.2) is 5.82 Å². The highest BCUT2D eigenvalue weighted by Gasteiger charge is 2.62. The van der Waals surface area contributed by atoms with Crippen LogP contribution in [0, 0.1) is 23.2 Å². The lowest BCUT2D eigenvalue weighted by Crippen LogP contribution is -2.44. The van der Waals surface area contributed by atoms with E-state index in [0.29, 0.717) is 17.8 Å². The number of aliphatic hydroxyl groups is 1. The molecule has 6 rings (SSSR count). The van der Waals surface area contributed by atoms with Crippen LogP contribution in [0.3, 0.4) is 0 Å². The van der Waals surface area contributed by atoms with Crippen molar-refractivity contribution in [3.05, 3.63) is 10.5 Å². The van der Waals surface area contributed by atoms with Crippen LogP contribution in [-0.4, -0.2) is 33.5 Å². The van der Waals surface area contributed by atoms with Crippen LogP contribution >= 0.6 is 0 Å². The molecule has 1 aromatic heterocycles. The molecule has 0 spiro atoms. The lowest BCUT2D eigenvalue weighted by molar-refractivity contribution is 0.181. The van der Waals surface area contributed by atoms with Gasteiger partial charge in [0, 0.05) is 12.0 Å². The first-order chi connectivity index (χ1) is 13.6. The average molecular weight is 388 g/mol. The van der Waals surface area contributed by atoms with Crippen LogP contribution in [-0.2, 0) is 6.54 Å². The highest BCUT2D eigenvalue weighted by molar-refractivity contribution is 5.82. The van der Waals surface area contributed by atoms with Gasteiger partial charge in [-0.2, -0.15) is 4.98 Å². The van der Waals surface area contributed by atoms with Gasteiger partial charge in [-0.25, -0.2) is 4.79 Å². The molecule has 4 atom stereocenters. The molecule has 0 saturated heterocycles. The summed E-state index contributed by atoms with van der Waals surface area (Å²) in [6, 6.07) is -0.101. The summed E-state index contributed by atoms with van der Waals surface area (Å²) < 4.78 is 1.78. The minimum absolute atomic E-state index is 0.0250. The van der Waals surface area contributed by atoms with E-state index in [0.717, 1.165) is 42.1 Å². The molecule has 1 aromatic rings. The molecule has 7 heteroatoms. The van der Waals surface area contributed by atoms with Gasteiger partial charge in [-0.15, -0.1) is 0 Å². The zero-order valence-corrected chi connectivity index (χ0v) is 17.0. The van der Waals surface area contributed by atoms with Gasteiger partial charge in [0.1, 0.15) is 17.7 Å². The quantitative estimate of drug-likeness (QED) is 0.575. The van der Waals surface area contributed by atoms with Crippen LogP contribution in [0.5, 0.6) is 0 Å². The molecule has 1 aliphatic heterocycles. The van der Waals surface area contributed by atoms with E-state index in [1.165, 1.54) is 32.1 Å². The van der Waals surface area contributed by atoms with E-state index in [2.05, 4.69) is 27.9 Å². The summed E-state index contributed by atoms with van der Waals surface area (Å²) in [7, 11) is 0. The second-order valence-corrected chi connectivity index (χ2v) is 9.55. The van der Waals surface area contributed by atoms with Gasteiger partial charge in [-0.1, -0.05) is 13.8 Å². The SMILES string of the molecule is CCCn1c2c(c(NC(CC)CO)nc1=O)NC(C13CC4CC(CC1C4)C3)N2. The molecule has 0 amide bonds. The highest BCUT2D eigenvalue weighted by atomic mass is 16.3. The molecule has 5 aliphatic rings.